The van der Waals surface area contributed by atoms with Gasteiger partial charge in [-0.1, -0.05) is 37.5 Å². The minimum absolute atomic E-state index is 0.239. The first kappa shape index (κ1) is 16.6. The third-order valence-electron chi connectivity index (χ3n) is 7.79. The van der Waals surface area contributed by atoms with E-state index in [1.807, 2.05) is 6.07 Å². The van der Waals surface area contributed by atoms with Gasteiger partial charge in [-0.15, -0.1) is 0 Å². The molecule has 4 aliphatic rings. The summed E-state index contributed by atoms with van der Waals surface area (Å²) in [6.45, 7) is 2.80. The minimum atomic E-state index is -0.331. The summed E-state index contributed by atoms with van der Waals surface area (Å²) in [6, 6.07) is 11.2. The van der Waals surface area contributed by atoms with E-state index < -0.39 is 0 Å². The third kappa shape index (κ3) is 2.57. The summed E-state index contributed by atoms with van der Waals surface area (Å²) in [5.74, 6) is 2.16. The standard InChI is InChI=1S/C22H31N3O/c26-21-22(25(16-23-21)18-7-2-1-3-8-18)12-14-24(15-13-22)20-11-10-17-6-4-5-9-19(17)20/h1-3,7-8,17,19-20H,4-6,9-16H2,(H,23,26)/t17-,19-,20?/m1/s1. The third-order valence-corrected chi connectivity index (χ3v) is 7.79. The van der Waals surface area contributed by atoms with Gasteiger partial charge in [0.2, 0.25) is 5.91 Å². The van der Waals surface area contributed by atoms with Crippen LogP contribution in [0.2, 0.25) is 0 Å². The van der Waals surface area contributed by atoms with Crippen LogP contribution in [0.5, 0.6) is 0 Å². The summed E-state index contributed by atoms with van der Waals surface area (Å²) in [5.41, 5.74) is 0.843. The van der Waals surface area contributed by atoms with Crippen LogP contribution in [0.4, 0.5) is 5.69 Å². The molecule has 4 nitrogen and oxygen atoms in total. The molecule has 4 fully saturated rings. The number of nitrogens with zero attached hydrogens (tertiary/aromatic N) is 2. The lowest BCUT2D eigenvalue weighted by molar-refractivity contribution is -0.125. The lowest BCUT2D eigenvalue weighted by Crippen LogP contribution is -2.58. The number of fused-ring (bicyclic) bond motifs is 1. The van der Waals surface area contributed by atoms with E-state index in [1.165, 1.54) is 44.2 Å². The predicted molar refractivity (Wildman–Crippen MR) is 104 cm³/mol. The number of benzene rings is 1. The molecule has 2 saturated heterocycles. The first-order valence-electron chi connectivity index (χ1n) is 10.6. The Morgan fingerprint density at radius 2 is 1.73 bits per heavy atom. The molecule has 1 aromatic rings. The van der Waals surface area contributed by atoms with Crippen LogP contribution in [0, 0.1) is 11.8 Å². The van der Waals surface area contributed by atoms with E-state index in [9.17, 15) is 4.79 Å². The molecule has 5 rings (SSSR count). The summed E-state index contributed by atoms with van der Waals surface area (Å²) in [7, 11) is 0. The summed E-state index contributed by atoms with van der Waals surface area (Å²) in [4.78, 5) is 17.9. The van der Waals surface area contributed by atoms with Crippen molar-refractivity contribution in [1.29, 1.82) is 0 Å². The van der Waals surface area contributed by atoms with E-state index in [0.717, 1.165) is 43.8 Å². The lowest BCUT2D eigenvalue weighted by atomic mass is 9.79. The number of amides is 1. The average Bonchev–Trinajstić information content (AvgIpc) is 3.26. The molecule has 2 aliphatic heterocycles. The van der Waals surface area contributed by atoms with E-state index in [4.69, 9.17) is 0 Å². The Hall–Kier alpha value is -1.55. The van der Waals surface area contributed by atoms with Gasteiger partial charge in [0.1, 0.15) is 5.54 Å². The fourth-order valence-electron chi connectivity index (χ4n) is 6.41. The fraction of sp³-hybridized carbons (Fsp3) is 0.682. The number of piperidine rings is 1. The second-order valence-corrected chi connectivity index (χ2v) is 8.85. The Morgan fingerprint density at radius 3 is 2.54 bits per heavy atom. The van der Waals surface area contributed by atoms with Crippen molar-refractivity contribution in [3.05, 3.63) is 30.3 Å². The smallest absolute Gasteiger partial charge is 0.247 e. The summed E-state index contributed by atoms with van der Waals surface area (Å²) in [5, 5.41) is 3.13. The van der Waals surface area contributed by atoms with Gasteiger partial charge < -0.3 is 10.2 Å². The first-order valence-corrected chi connectivity index (χ1v) is 10.6. The molecule has 1 amide bonds. The molecule has 0 aromatic heterocycles. The average molecular weight is 354 g/mol. The Labute approximate surface area is 156 Å². The van der Waals surface area contributed by atoms with Gasteiger partial charge in [0.25, 0.3) is 0 Å². The van der Waals surface area contributed by atoms with Crippen molar-refractivity contribution in [2.24, 2.45) is 11.8 Å². The molecular formula is C22H31N3O. The van der Waals surface area contributed by atoms with Crippen molar-refractivity contribution in [3.63, 3.8) is 0 Å². The van der Waals surface area contributed by atoms with E-state index in [2.05, 4.69) is 39.4 Å². The molecular weight excluding hydrogens is 322 g/mol. The molecule has 2 saturated carbocycles. The molecule has 0 radical (unpaired) electrons. The number of anilines is 1. The number of hydrogen-bond acceptors (Lipinski definition) is 3. The lowest BCUT2D eigenvalue weighted by Gasteiger charge is -2.46. The van der Waals surface area contributed by atoms with E-state index in [-0.39, 0.29) is 11.4 Å². The zero-order valence-electron chi connectivity index (χ0n) is 15.7. The maximum absolute atomic E-state index is 12.8. The SMILES string of the molecule is O=C1NCN(c2ccccc2)C12CCN(C1CC[C@H]3CCCC[C@@H]13)CC2. The highest BCUT2D eigenvalue weighted by Gasteiger charge is 2.52. The Morgan fingerprint density at radius 1 is 0.962 bits per heavy atom. The normalized spacial score (nSPS) is 34.1. The van der Waals surface area contributed by atoms with Crippen LogP contribution in [0.25, 0.3) is 0 Å². The molecule has 2 aliphatic carbocycles. The number of para-hydroxylation sites is 1. The fourth-order valence-corrected chi connectivity index (χ4v) is 6.41. The van der Waals surface area contributed by atoms with Crippen molar-refractivity contribution in [2.45, 2.75) is 62.9 Å². The summed E-state index contributed by atoms with van der Waals surface area (Å²) < 4.78 is 0. The second kappa shape index (κ2) is 6.56. The van der Waals surface area contributed by atoms with Gasteiger partial charge in [0.05, 0.1) is 6.67 Å². The summed E-state index contributed by atoms with van der Waals surface area (Å²) >= 11 is 0. The highest BCUT2D eigenvalue weighted by atomic mass is 16.2. The Balaban J connectivity index is 1.32. The van der Waals surface area contributed by atoms with Crippen molar-refractivity contribution < 1.29 is 4.79 Å². The van der Waals surface area contributed by atoms with Gasteiger partial charge in [-0.05, 0) is 56.1 Å². The number of rotatable bonds is 2. The van der Waals surface area contributed by atoms with Crippen LogP contribution < -0.4 is 10.2 Å². The quantitative estimate of drug-likeness (QED) is 0.885. The van der Waals surface area contributed by atoms with E-state index in [1.54, 1.807) is 0 Å². The van der Waals surface area contributed by atoms with Crippen molar-refractivity contribution >= 4 is 11.6 Å². The van der Waals surface area contributed by atoms with Crippen LogP contribution in [0.1, 0.15) is 51.4 Å². The van der Waals surface area contributed by atoms with Crippen molar-refractivity contribution in [2.75, 3.05) is 24.7 Å². The molecule has 1 aromatic carbocycles. The zero-order chi connectivity index (χ0) is 17.6. The monoisotopic (exact) mass is 353 g/mol. The van der Waals surface area contributed by atoms with Crippen LogP contribution in [0.15, 0.2) is 30.3 Å². The highest BCUT2D eigenvalue weighted by Crippen LogP contribution is 2.46. The second-order valence-electron chi connectivity index (χ2n) is 8.85. The first-order chi connectivity index (χ1) is 12.8. The maximum Gasteiger partial charge on any atom is 0.247 e. The largest absolute Gasteiger partial charge is 0.339 e. The van der Waals surface area contributed by atoms with Crippen LogP contribution in [-0.4, -0.2) is 42.1 Å². The highest BCUT2D eigenvalue weighted by molar-refractivity contribution is 5.93. The van der Waals surface area contributed by atoms with Crippen molar-refractivity contribution in [3.8, 4) is 0 Å². The van der Waals surface area contributed by atoms with Gasteiger partial charge >= 0.3 is 0 Å². The molecule has 140 valence electrons. The van der Waals surface area contributed by atoms with Gasteiger partial charge in [-0.25, -0.2) is 0 Å². The van der Waals surface area contributed by atoms with E-state index >= 15 is 0 Å². The van der Waals surface area contributed by atoms with Gasteiger partial charge in [0.15, 0.2) is 0 Å². The predicted octanol–water partition coefficient (Wildman–Crippen LogP) is 3.38. The molecule has 3 atom stereocenters. The maximum atomic E-state index is 12.8. The Kier molecular flexibility index (Phi) is 4.19. The number of nitrogens with one attached hydrogen (secondary N) is 1. The Bertz CT molecular complexity index is 653. The molecule has 1 N–H and O–H groups in total. The number of likely N-dealkylation sites (tertiary alicyclic amines) is 1. The van der Waals surface area contributed by atoms with Gasteiger partial charge in [-0.3, -0.25) is 9.69 Å². The molecule has 4 heteroatoms. The topological polar surface area (TPSA) is 35.6 Å². The molecule has 1 spiro atoms. The number of carbonyl (C=O) groups excluding carboxylic acids is 1. The number of hydrogen-bond donors (Lipinski definition) is 1. The zero-order valence-corrected chi connectivity index (χ0v) is 15.7. The van der Waals surface area contributed by atoms with Crippen LogP contribution in [-0.2, 0) is 4.79 Å². The van der Waals surface area contributed by atoms with Crippen LogP contribution >= 0.6 is 0 Å². The molecule has 0 bridgehead atoms. The molecule has 1 unspecified atom stereocenters. The minimum Gasteiger partial charge on any atom is -0.339 e. The summed E-state index contributed by atoms with van der Waals surface area (Å²) in [6.07, 6.45) is 10.5. The molecule has 2 heterocycles. The van der Waals surface area contributed by atoms with Crippen LogP contribution in [0.3, 0.4) is 0 Å². The van der Waals surface area contributed by atoms with Gasteiger partial charge in [-0.2, -0.15) is 0 Å². The number of carbonyl (C=O) groups is 1. The van der Waals surface area contributed by atoms with Gasteiger partial charge in [0, 0.05) is 24.8 Å². The van der Waals surface area contributed by atoms with E-state index in [0.29, 0.717) is 6.67 Å². The molecule has 26 heavy (non-hydrogen) atoms. The van der Waals surface area contributed by atoms with Crippen molar-refractivity contribution in [1.82, 2.24) is 10.2 Å².